The van der Waals surface area contributed by atoms with Crippen molar-refractivity contribution in [2.45, 2.75) is 39.0 Å². The monoisotopic (exact) mass is 424 g/mol. The van der Waals surface area contributed by atoms with E-state index < -0.39 is 5.60 Å². The van der Waals surface area contributed by atoms with Gasteiger partial charge in [-0.15, -0.1) is 0 Å². The average molecular weight is 425 g/mol. The van der Waals surface area contributed by atoms with E-state index in [0.29, 0.717) is 25.4 Å². The van der Waals surface area contributed by atoms with Gasteiger partial charge in [0.25, 0.3) is 5.91 Å². The van der Waals surface area contributed by atoms with Gasteiger partial charge in [-0.3, -0.25) is 9.48 Å². The van der Waals surface area contributed by atoms with Gasteiger partial charge in [-0.05, 0) is 48.8 Å². The molecular formula is C17H21BrN4O4. The van der Waals surface area contributed by atoms with Gasteiger partial charge in [0.1, 0.15) is 11.4 Å². The van der Waals surface area contributed by atoms with E-state index in [2.05, 4.69) is 26.3 Å². The second-order valence-corrected chi connectivity index (χ2v) is 8.09. The Morgan fingerprint density at radius 1 is 1.38 bits per heavy atom. The van der Waals surface area contributed by atoms with E-state index in [1.807, 2.05) is 27.0 Å². The number of halogens is 1. The highest BCUT2D eigenvalue weighted by molar-refractivity contribution is 9.10. The number of rotatable bonds is 4. The van der Waals surface area contributed by atoms with Gasteiger partial charge in [0.15, 0.2) is 5.76 Å². The minimum absolute atomic E-state index is 0.106. The van der Waals surface area contributed by atoms with Crippen molar-refractivity contribution in [3.8, 4) is 0 Å². The second kappa shape index (κ2) is 7.14. The van der Waals surface area contributed by atoms with Crippen LogP contribution in [-0.4, -0.2) is 51.4 Å². The molecule has 0 aromatic carbocycles. The molecular weight excluding hydrogens is 404 g/mol. The number of furan rings is 1. The lowest BCUT2D eigenvalue weighted by molar-refractivity contribution is 0.00521. The number of nitrogens with one attached hydrogen (secondary N) is 1. The molecule has 0 spiro atoms. The average Bonchev–Trinajstić information content (AvgIpc) is 3.10. The molecule has 0 saturated carbocycles. The molecule has 8 nitrogen and oxygen atoms in total. The highest BCUT2D eigenvalue weighted by atomic mass is 79.9. The van der Waals surface area contributed by atoms with Gasteiger partial charge in [0, 0.05) is 19.3 Å². The summed E-state index contributed by atoms with van der Waals surface area (Å²) in [5, 5.41) is 7.00. The SMILES string of the molecule is CC(C)(C)OC(=O)N1CC(NC(=O)c2ccc(Cn3cc(Br)cn3)o2)C1. The molecule has 9 heteroatoms. The molecule has 26 heavy (non-hydrogen) atoms. The van der Waals surface area contributed by atoms with Crippen LogP contribution >= 0.6 is 15.9 Å². The number of hydrogen-bond donors (Lipinski definition) is 1. The van der Waals surface area contributed by atoms with E-state index in [4.69, 9.17) is 9.15 Å². The maximum absolute atomic E-state index is 12.3. The number of hydrogen-bond acceptors (Lipinski definition) is 5. The Bertz CT molecular complexity index is 802. The van der Waals surface area contributed by atoms with Crippen molar-refractivity contribution in [2.24, 2.45) is 0 Å². The Balaban J connectivity index is 1.47. The van der Waals surface area contributed by atoms with E-state index >= 15 is 0 Å². The first-order valence-corrected chi connectivity index (χ1v) is 9.04. The number of likely N-dealkylation sites (tertiary alicyclic amines) is 1. The standard InChI is InChI=1S/C17H21BrN4O4/c1-17(2,3)26-16(24)21-8-12(9-21)20-15(23)14-5-4-13(25-14)10-22-7-11(18)6-19-22/h4-7,12H,8-10H2,1-3H3,(H,20,23). The molecule has 1 N–H and O–H groups in total. The van der Waals surface area contributed by atoms with Crippen LogP contribution in [0.2, 0.25) is 0 Å². The predicted octanol–water partition coefficient (Wildman–Crippen LogP) is 2.64. The fourth-order valence-electron chi connectivity index (χ4n) is 2.47. The van der Waals surface area contributed by atoms with Crippen LogP contribution in [0.1, 0.15) is 37.1 Å². The van der Waals surface area contributed by atoms with Crippen molar-refractivity contribution in [3.05, 3.63) is 40.5 Å². The number of nitrogens with zero attached hydrogens (tertiary/aromatic N) is 3. The molecule has 0 aliphatic carbocycles. The van der Waals surface area contributed by atoms with Crippen LogP contribution in [0.15, 0.2) is 33.4 Å². The Kier molecular flexibility index (Phi) is 5.08. The molecule has 1 aliphatic rings. The summed E-state index contributed by atoms with van der Waals surface area (Å²) in [5.74, 6) is 0.573. The number of amides is 2. The summed E-state index contributed by atoms with van der Waals surface area (Å²) in [6, 6.07) is 3.27. The predicted molar refractivity (Wildman–Crippen MR) is 96.8 cm³/mol. The van der Waals surface area contributed by atoms with Crippen LogP contribution in [0.25, 0.3) is 0 Å². The number of ether oxygens (including phenoxy) is 1. The van der Waals surface area contributed by atoms with Gasteiger partial charge in [-0.1, -0.05) is 0 Å². The third-order valence-electron chi connectivity index (χ3n) is 3.67. The quantitative estimate of drug-likeness (QED) is 0.814. The zero-order chi connectivity index (χ0) is 18.9. The van der Waals surface area contributed by atoms with Crippen molar-refractivity contribution in [3.63, 3.8) is 0 Å². The molecule has 1 aliphatic heterocycles. The largest absolute Gasteiger partial charge is 0.454 e. The van der Waals surface area contributed by atoms with Gasteiger partial charge in [0.05, 0.1) is 23.3 Å². The smallest absolute Gasteiger partial charge is 0.410 e. The van der Waals surface area contributed by atoms with Crippen LogP contribution in [0.5, 0.6) is 0 Å². The maximum atomic E-state index is 12.3. The summed E-state index contributed by atoms with van der Waals surface area (Å²) in [5.41, 5.74) is -0.528. The molecule has 2 amide bonds. The van der Waals surface area contributed by atoms with Crippen molar-refractivity contribution in [1.29, 1.82) is 0 Å². The lowest BCUT2D eigenvalue weighted by Crippen LogP contribution is -2.61. The molecule has 2 aromatic heterocycles. The Morgan fingerprint density at radius 2 is 2.12 bits per heavy atom. The first kappa shape index (κ1) is 18.5. The summed E-state index contributed by atoms with van der Waals surface area (Å²) in [6.07, 6.45) is 3.14. The third kappa shape index (κ3) is 4.66. The molecule has 3 rings (SSSR count). The Morgan fingerprint density at radius 3 is 2.73 bits per heavy atom. The van der Waals surface area contributed by atoms with Crippen LogP contribution in [0.4, 0.5) is 4.79 Å². The van der Waals surface area contributed by atoms with Gasteiger partial charge in [0.2, 0.25) is 0 Å². The fourth-order valence-corrected chi connectivity index (χ4v) is 2.80. The molecule has 2 aromatic rings. The van der Waals surface area contributed by atoms with Crippen LogP contribution < -0.4 is 5.32 Å². The summed E-state index contributed by atoms with van der Waals surface area (Å²) in [6.45, 7) is 6.75. The Labute approximate surface area is 159 Å². The molecule has 1 saturated heterocycles. The van der Waals surface area contributed by atoms with Gasteiger partial charge in [-0.25, -0.2) is 4.79 Å². The van der Waals surface area contributed by atoms with Crippen molar-refractivity contribution >= 4 is 27.9 Å². The van der Waals surface area contributed by atoms with Gasteiger partial charge in [-0.2, -0.15) is 5.10 Å². The molecule has 0 atom stereocenters. The first-order chi connectivity index (χ1) is 12.2. The minimum Gasteiger partial charge on any atom is -0.454 e. The van der Waals surface area contributed by atoms with Crippen molar-refractivity contribution in [2.75, 3.05) is 13.1 Å². The maximum Gasteiger partial charge on any atom is 0.410 e. The lowest BCUT2D eigenvalue weighted by Gasteiger charge is -2.39. The third-order valence-corrected chi connectivity index (χ3v) is 4.08. The van der Waals surface area contributed by atoms with Gasteiger partial charge < -0.3 is 19.4 Å². The summed E-state index contributed by atoms with van der Waals surface area (Å²) < 4.78 is 13.4. The van der Waals surface area contributed by atoms with Crippen molar-refractivity contribution < 1.29 is 18.7 Å². The highest BCUT2D eigenvalue weighted by Crippen LogP contribution is 2.16. The van der Waals surface area contributed by atoms with Crippen LogP contribution in [0, 0.1) is 0 Å². The van der Waals surface area contributed by atoms with Crippen LogP contribution in [-0.2, 0) is 11.3 Å². The molecule has 0 unspecified atom stereocenters. The normalized spacial score (nSPS) is 14.8. The Hall–Kier alpha value is -2.29. The summed E-state index contributed by atoms with van der Waals surface area (Å²) in [7, 11) is 0. The van der Waals surface area contributed by atoms with Crippen LogP contribution in [0.3, 0.4) is 0 Å². The van der Waals surface area contributed by atoms with E-state index in [-0.39, 0.29) is 23.8 Å². The molecule has 0 radical (unpaired) electrons. The first-order valence-electron chi connectivity index (χ1n) is 8.25. The number of aromatic nitrogens is 2. The second-order valence-electron chi connectivity index (χ2n) is 7.18. The molecule has 3 heterocycles. The molecule has 140 valence electrons. The van der Waals surface area contributed by atoms with E-state index in [1.165, 1.54) is 0 Å². The van der Waals surface area contributed by atoms with E-state index in [1.54, 1.807) is 27.9 Å². The highest BCUT2D eigenvalue weighted by Gasteiger charge is 2.35. The van der Waals surface area contributed by atoms with E-state index in [0.717, 1.165) is 4.47 Å². The van der Waals surface area contributed by atoms with Gasteiger partial charge >= 0.3 is 6.09 Å². The van der Waals surface area contributed by atoms with Crippen molar-refractivity contribution in [1.82, 2.24) is 20.0 Å². The summed E-state index contributed by atoms with van der Waals surface area (Å²) >= 11 is 3.33. The zero-order valence-corrected chi connectivity index (χ0v) is 16.4. The minimum atomic E-state index is -0.528. The molecule has 1 fully saturated rings. The zero-order valence-electron chi connectivity index (χ0n) is 14.9. The lowest BCUT2D eigenvalue weighted by atomic mass is 10.1. The molecule has 0 bridgehead atoms. The fraction of sp³-hybridized carbons (Fsp3) is 0.471. The van der Waals surface area contributed by atoms with E-state index in [9.17, 15) is 9.59 Å². The number of carbonyl (C=O) groups excluding carboxylic acids is 2. The summed E-state index contributed by atoms with van der Waals surface area (Å²) in [4.78, 5) is 25.7. The topological polar surface area (TPSA) is 89.6 Å². The number of carbonyl (C=O) groups is 2.